The summed E-state index contributed by atoms with van der Waals surface area (Å²) in [5, 5.41) is 11.4. The van der Waals surface area contributed by atoms with Crippen LogP contribution in [0.1, 0.15) is 51.9 Å². The second-order valence-electron chi connectivity index (χ2n) is 9.01. The van der Waals surface area contributed by atoms with Crippen molar-refractivity contribution in [3.8, 4) is 0 Å². The third-order valence-corrected chi connectivity index (χ3v) is 8.93. The number of hydrogen-bond acceptors (Lipinski definition) is 2. The quantitative estimate of drug-likeness (QED) is 0.437. The Balaban J connectivity index is 1.71. The molecular weight excluding hydrogens is 447 g/mol. The van der Waals surface area contributed by atoms with Crippen LogP contribution in [0, 0.1) is 35.0 Å². The molecule has 0 aromatic heterocycles. The van der Waals surface area contributed by atoms with Crippen molar-refractivity contribution >= 4 is 40.0 Å². The number of hydrogen-bond donors (Lipinski definition) is 1. The molecule has 3 fully saturated rings. The summed E-state index contributed by atoms with van der Waals surface area (Å²) >= 11 is 8.72. The zero-order valence-electron chi connectivity index (χ0n) is 14.9. The predicted octanol–water partition coefficient (Wildman–Crippen LogP) is 5.27. The number of aliphatic hydroxyl groups is 1. The summed E-state index contributed by atoms with van der Waals surface area (Å²) in [4.78, 5) is 11.9. The van der Waals surface area contributed by atoms with E-state index in [1.807, 2.05) is 16.2 Å². The molecule has 0 radical (unpaired) electrons. The fraction of sp³-hybridized carbons (Fsp3) is 0.762. The normalized spacial score (nSPS) is 49.5. The van der Waals surface area contributed by atoms with Crippen LogP contribution in [-0.2, 0) is 4.79 Å². The van der Waals surface area contributed by atoms with Gasteiger partial charge in [-0.25, -0.2) is 0 Å². The molecular formula is C21H28ClIO2. The van der Waals surface area contributed by atoms with E-state index in [-0.39, 0.29) is 5.41 Å². The van der Waals surface area contributed by atoms with Crippen molar-refractivity contribution < 1.29 is 9.90 Å². The molecule has 4 aliphatic rings. The highest BCUT2D eigenvalue weighted by Gasteiger charge is 2.63. The topological polar surface area (TPSA) is 37.3 Å². The summed E-state index contributed by atoms with van der Waals surface area (Å²) in [6.07, 6.45) is 10.9. The van der Waals surface area contributed by atoms with Crippen LogP contribution in [0.4, 0.5) is 0 Å². The van der Waals surface area contributed by atoms with E-state index in [0.717, 1.165) is 38.5 Å². The van der Waals surface area contributed by atoms with Gasteiger partial charge in [0.05, 0.1) is 5.60 Å². The highest BCUT2D eigenvalue weighted by molar-refractivity contribution is 14.1. The largest absolute Gasteiger partial charge is 0.385 e. The van der Waals surface area contributed by atoms with Crippen LogP contribution < -0.4 is 0 Å². The van der Waals surface area contributed by atoms with Crippen LogP contribution >= 0.6 is 34.2 Å². The van der Waals surface area contributed by atoms with Crippen LogP contribution in [0.15, 0.2) is 21.8 Å². The van der Waals surface area contributed by atoms with Gasteiger partial charge >= 0.3 is 0 Å². The number of carbonyl (C=O) groups excluding carboxylic acids is 1. The number of rotatable bonds is 2. The molecule has 138 valence electrons. The molecule has 0 amide bonds. The minimum Gasteiger partial charge on any atom is -0.385 e. The van der Waals surface area contributed by atoms with Gasteiger partial charge in [-0.2, -0.15) is 0 Å². The van der Waals surface area contributed by atoms with Crippen LogP contribution in [0.3, 0.4) is 0 Å². The molecule has 3 saturated carbocycles. The Bertz CT molecular complexity index is 629. The van der Waals surface area contributed by atoms with Gasteiger partial charge in [0.25, 0.3) is 0 Å². The first kappa shape index (κ1) is 18.5. The number of halogens is 2. The second kappa shape index (κ2) is 6.63. The third kappa shape index (κ3) is 2.70. The number of allylic oxidation sites excluding steroid dienone is 1. The van der Waals surface area contributed by atoms with Gasteiger partial charge in [0.15, 0.2) is 5.78 Å². The molecule has 0 saturated heterocycles. The monoisotopic (exact) mass is 474 g/mol. The standard InChI is InChI=1S/C21H28ClIO2/c1-20-11-14(12-22)19-16-5-3-15(24)10-13(16)2-4-17(19)18(20)6-7-21(20,25)8-9-23/h8-10,14,16-19,25H,2-7,11-12H2,1H3/b9-8+/t14-,16+,17+,18+,19-,20+,21-/m1/s1. The Morgan fingerprint density at radius 2 is 2.16 bits per heavy atom. The average Bonchev–Trinajstić information content (AvgIpc) is 2.85. The Morgan fingerprint density at radius 1 is 1.36 bits per heavy atom. The fourth-order valence-electron chi connectivity index (χ4n) is 7.07. The van der Waals surface area contributed by atoms with E-state index in [2.05, 4.69) is 29.5 Å². The maximum atomic E-state index is 11.9. The van der Waals surface area contributed by atoms with E-state index < -0.39 is 5.60 Å². The maximum absolute atomic E-state index is 11.9. The van der Waals surface area contributed by atoms with Gasteiger partial charge in [-0.3, -0.25) is 4.79 Å². The molecule has 4 rings (SSSR count). The number of carbonyl (C=O) groups is 1. The zero-order chi connectivity index (χ0) is 17.8. The van der Waals surface area contributed by atoms with Crippen molar-refractivity contribution in [2.75, 3.05) is 5.88 Å². The molecule has 4 heteroatoms. The van der Waals surface area contributed by atoms with E-state index in [4.69, 9.17) is 11.6 Å². The summed E-state index contributed by atoms with van der Waals surface area (Å²) < 4.78 is 1.99. The summed E-state index contributed by atoms with van der Waals surface area (Å²) in [5.41, 5.74) is 0.644. The van der Waals surface area contributed by atoms with Crippen molar-refractivity contribution in [2.45, 2.75) is 57.5 Å². The van der Waals surface area contributed by atoms with Crippen molar-refractivity contribution in [3.63, 3.8) is 0 Å². The highest BCUT2D eigenvalue weighted by Crippen LogP contribution is 2.66. The Morgan fingerprint density at radius 3 is 2.88 bits per heavy atom. The third-order valence-electron chi connectivity index (χ3n) is 8.18. The lowest BCUT2D eigenvalue weighted by Crippen LogP contribution is -2.55. The Labute approximate surface area is 169 Å². The minimum absolute atomic E-state index is 0.0684. The Hall–Kier alpha value is 0.130. The summed E-state index contributed by atoms with van der Waals surface area (Å²) in [7, 11) is 0. The van der Waals surface area contributed by atoms with E-state index in [1.54, 1.807) is 0 Å². The molecule has 7 atom stereocenters. The van der Waals surface area contributed by atoms with Gasteiger partial charge in [0, 0.05) is 17.7 Å². The summed E-state index contributed by atoms with van der Waals surface area (Å²) in [6.45, 7) is 2.31. The van der Waals surface area contributed by atoms with Gasteiger partial charge in [0.1, 0.15) is 0 Å². The predicted molar refractivity (Wildman–Crippen MR) is 110 cm³/mol. The zero-order valence-corrected chi connectivity index (χ0v) is 17.8. The highest BCUT2D eigenvalue weighted by atomic mass is 127. The lowest BCUT2D eigenvalue weighted by Gasteiger charge is -2.58. The molecule has 1 N–H and O–H groups in total. The van der Waals surface area contributed by atoms with E-state index in [9.17, 15) is 9.90 Å². The molecule has 2 nitrogen and oxygen atoms in total. The number of alkyl halides is 1. The second-order valence-corrected chi connectivity index (χ2v) is 10.0. The van der Waals surface area contributed by atoms with Crippen molar-refractivity contribution in [2.24, 2.45) is 35.0 Å². The van der Waals surface area contributed by atoms with E-state index in [0.29, 0.717) is 47.7 Å². The van der Waals surface area contributed by atoms with Crippen LogP contribution in [-0.4, -0.2) is 22.4 Å². The molecule has 25 heavy (non-hydrogen) atoms. The van der Waals surface area contributed by atoms with E-state index in [1.165, 1.54) is 5.57 Å². The van der Waals surface area contributed by atoms with Gasteiger partial charge in [-0.05, 0) is 84.3 Å². The number of ketones is 1. The van der Waals surface area contributed by atoms with E-state index >= 15 is 0 Å². The fourth-order valence-corrected chi connectivity index (χ4v) is 7.98. The first-order valence-corrected chi connectivity index (χ1v) is 11.5. The summed E-state index contributed by atoms with van der Waals surface area (Å²) in [5.74, 6) is 3.82. The Kier molecular flexibility index (Phi) is 4.90. The molecule has 0 aromatic carbocycles. The molecule has 0 spiro atoms. The first-order chi connectivity index (χ1) is 11.9. The SMILES string of the molecule is C[C@]12C[C@H](CCl)[C@H]3[C@@H](CCC4=CC(=O)CC[C@@H]43)[C@@H]1CC[C@@]2(O)/C=C/I. The van der Waals surface area contributed by atoms with Gasteiger partial charge in [-0.1, -0.05) is 35.1 Å². The van der Waals surface area contributed by atoms with Gasteiger partial charge in [0.2, 0.25) is 0 Å². The van der Waals surface area contributed by atoms with Gasteiger partial charge in [-0.15, -0.1) is 11.6 Å². The number of fused-ring (bicyclic) bond motifs is 5. The van der Waals surface area contributed by atoms with Crippen molar-refractivity contribution in [1.29, 1.82) is 0 Å². The smallest absolute Gasteiger partial charge is 0.155 e. The van der Waals surface area contributed by atoms with Crippen LogP contribution in [0.5, 0.6) is 0 Å². The van der Waals surface area contributed by atoms with Crippen molar-refractivity contribution in [3.05, 3.63) is 21.8 Å². The van der Waals surface area contributed by atoms with Gasteiger partial charge < -0.3 is 5.11 Å². The molecule has 0 unspecified atom stereocenters. The molecule has 0 heterocycles. The first-order valence-electron chi connectivity index (χ1n) is 9.73. The molecule has 0 aromatic rings. The lowest BCUT2D eigenvalue weighted by atomic mass is 9.48. The van der Waals surface area contributed by atoms with Crippen LogP contribution in [0.25, 0.3) is 0 Å². The van der Waals surface area contributed by atoms with Crippen molar-refractivity contribution in [1.82, 2.24) is 0 Å². The molecule has 4 aliphatic carbocycles. The average molecular weight is 475 g/mol. The molecule has 0 aliphatic heterocycles. The minimum atomic E-state index is -0.688. The summed E-state index contributed by atoms with van der Waals surface area (Å²) in [6, 6.07) is 0. The molecule has 0 bridgehead atoms. The van der Waals surface area contributed by atoms with Crippen LogP contribution in [0.2, 0.25) is 0 Å². The lowest BCUT2D eigenvalue weighted by molar-refractivity contribution is -0.120. The maximum Gasteiger partial charge on any atom is 0.155 e.